The van der Waals surface area contributed by atoms with E-state index in [-0.39, 0.29) is 6.10 Å². The third-order valence-corrected chi connectivity index (χ3v) is 4.91. The van der Waals surface area contributed by atoms with E-state index in [0.717, 1.165) is 36.8 Å². The first-order valence-electron chi connectivity index (χ1n) is 8.98. The van der Waals surface area contributed by atoms with Gasteiger partial charge in [-0.2, -0.15) is 0 Å². The van der Waals surface area contributed by atoms with E-state index in [9.17, 15) is 0 Å². The van der Waals surface area contributed by atoms with Crippen LogP contribution in [0, 0.1) is 13.8 Å². The van der Waals surface area contributed by atoms with Gasteiger partial charge in [0, 0.05) is 24.5 Å². The Balaban J connectivity index is 1.38. The Labute approximate surface area is 153 Å². The van der Waals surface area contributed by atoms with Crippen molar-refractivity contribution in [2.75, 3.05) is 24.6 Å². The summed E-state index contributed by atoms with van der Waals surface area (Å²) >= 11 is 0. The monoisotopic (exact) mass is 352 g/mol. The van der Waals surface area contributed by atoms with Gasteiger partial charge in [-0.3, -0.25) is 0 Å². The van der Waals surface area contributed by atoms with Gasteiger partial charge in [-0.1, -0.05) is 23.4 Å². The van der Waals surface area contributed by atoms with Gasteiger partial charge in [0.15, 0.2) is 0 Å². The molecule has 3 aromatic rings. The minimum absolute atomic E-state index is 0.107. The number of hydrogen-bond donors (Lipinski definition) is 0. The summed E-state index contributed by atoms with van der Waals surface area (Å²) in [7, 11) is 0. The first-order valence-corrected chi connectivity index (χ1v) is 8.98. The van der Waals surface area contributed by atoms with Gasteiger partial charge in [0.1, 0.15) is 5.69 Å². The molecular weight excluding hydrogens is 328 g/mol. The number of anilines is 1. The molecule has 0 saturated carbocycles. The number of aryl methyl sites for hydroxylation is 1. The summed E-state index contributed by atoms with van der Waals surface area (Å²) in [6.07, 6.45) is 3.96. The van der Waals surface area contributed by atoms with E-state index in [1.807, 2.05) is 30.2 Å². The number of benzene rings is 1. The molecule has 4 rings (SSSR count). The Morgan fingerprint density at radius 2 is 2.04 bits per heavy atom. The highest BCUT2D eigenvalue weighted by Gasteiger charge is 2.21. The lowest BCUT2D eigenvalue weighted by molar-refractivity contribution is 0.0271. The Bertz CT molecular complexity index is 856. The molecule has 7 nitrogen and oxygen atoms in total. The van der Waals surface area contributed by atoms with Crippen molar-refractivity contribution in [1.29, 1.82) is 0 Å². The van der Waals surface area contributed by atoms with Gasteiger partial charge < -0.3 is 14.2 Å². The number of imidazole rings is 1. The summed E-state index contributed by atoms with van der Waals surface area (Å²) < 4.78 is 9.92. The molecule has 2 aromatic heterocycles. The summed E-state index contributed by atoms with van der Waals surface area (Å²) in [5, 5.41) is 8.57. The lowest BCUT2D eigenvalue weighted by atomic mass is 10.2. The molecule has 0 spiro atoms. The number of ether oxygens (including phenoxy) is 1. The van der Waals surface area contributed by atoms with Gasteiger partial charge in [0.25, 0.3) is 0 Å². The van der Waals surface area contributed by atoms with Crippen LogP contribution < -0.4 is 4.90 Å². The summed E-state index contributed by atoms with van der Waals surface area (Å²) in [5.74, 6) is 0. The zero-order valence-electron chi connectivity index (χ0n) is 15.2. The average molecular weight is 352 g/mol. The Morgan fingerprint density at radius 1 is 1.19 bits per heavy atom. The van der Waals surface area contributed by atoms with Crippen LogP contribution in [-0.4, -0.2) is 50.3 Å². The minimum Gasteiger partial charge on any atom is -0.373 e. The van der Waals surface area contributed by atoms with Crippen LogP contribution in [0.4, 0.5) is 5.69 Å². The fourth-order valence-corrected chi connectivity index (χ4v) is 3.29. The van der Waals surface area contributed by atoms with Crippen molar-refractivity contribution < 1.29 is 4.74 Å². The van der Waals surface area contributed by atoms with Crippen LogP contribution in [0.1, 0.15) is 17.1 Å². The summed E-state index contributed by atoms with van der Waals surface area (Å²) in [6.45, 7) is 7.99. The van der Waals surface area contributed by atoms with Crippen LogP contribution in [0.25, 0.3) is 0 Å². The van der Waals surface area contributed by atoms with Crippen molar-refractivity contribution in [2.45, 2.75) is 33.0 Å². The van der Waals surface area contributed by atoms with Crippen LogP contribution >= 0.6 is 0 Å². The molecule has 1 aliphatic rings. The molecule has 7 heteroatoms. The maximum Gasteiger partial charge on any atom is 0.102 e. The third-order valence-electron chi connectivity index (χ3n) is 4.91. The second-order valence-corrected chi connectivity index (χ2v) is 6.75. The topological polar surface area (TPSA) is 61.0 Å². The largest absolute Gasteiger partial charge is 0.373 e. The third kappa shape index (κ3) is 3.62. The lowest BCUT2D eigenvalue weighted by Crippen LogP contribution is -2.44. The van der Waals surface area contributed by atoms with Gasteiger partial charge in [-0.15, -0.1) is 5.10 Å². The van der Waals surface area contributed by atoms with Crippen molar-refractivity contribution >= 4 is 5.69 Å². The number of rotatable bonds is 5. The number of nitrogens with zero attached hydrogens (tertiary/aromatic N) is 6. The van der Waals surface area contributed by atoms with Gasteiger partial charge >= 0.3 is 0 Å². The van der Waals surface area contributed by atoms with E-state index >= 15 is 0 Å². The highest BCUT2D eigenvalue weighted by molar-refractivity contribution is 5.46. The average Bonchev–Trinajstić information content (AvgIpc) is 3.24. The van der Waals surface area contributed by atoms with Crippen LogP contribution in [0.2, 0.25) is 0 Å². The second-order valence-electron chi connectivity index (χ2n) is 6.75. The molecule has 0 aliphatic carbocycles. The van der Waals surface area contributed by atoms with Gasteiger partial charge in [0.05, 0.1) is 44.0 Å². The number of morpholine rings is 1. The van der Waals surface area contributed by atoms with Gasteiger partial charge in [0.2, 0.25) is 0 Å². The van der Waals surface area contributed by atoms with Crippen molar-refractivity contribution in [3.8, 4) is 0 Å². The zero-order valence-corrected chi connectivity index (χ0v) is 15.2. The Kier molecular flexibility index (Phi) is 4.71. The molecule has 0 N–H and O–H groups in total. The Morgan fingerprint density at radius 3 is 2.81 bits per heavy atom. The molecule has 1 atom stereocenters. The van der Waals surface area contributed by atoms with Crippen LogP contribution in [0.3, 0.4) is 0 Å². The molecule has 26 heavy (non-hydrogen) atoms. The predicted octanol–water partition coefficient (Wildman–Crippen LogP) is 2.05. The van der Waals surface area contributed by atoms with Crippen molar-refractivity contribution in [3.05, 3.63) is 59.9 Å². The molecule has 3 heterocycles. The fraction of sp³-hybridized carbons (Fsp3) is 0.421. The maximum absolute atomic E-state index is 5.94. The predicted molar refractivity (Wildman–Crippen MR) is 99.2 cm³/mol. The summed E-state index contributed by atoms with van der Waals surface area (Å²) in [6, 6.07) is 10.5. The molecule has 0 bridgehead atoms. The van der Waals surface area contributed by atoms with E-state index in [2.05, 4.69) is 56.0 Å². The van der Waals surface area contributed by atoms with Crippen molar-refractivity contribution in [3.63, 3.8) is 0 Å². The zero-order chi connectivity index (χ0) is 17.9. The van der Waals surface area contributed by atoms with Gasteiger partial charge in [-0.25, -0.2) is 9.67 Å². The lowest BCUT2D eigenvalue weighted by Gasteiger charge is -2.34. The van der Waals surface area contributed by atoms with Crippen molar-refractivity contribution in [1.82, 2.24) is 24.5 Å². The first kappa shape index (κ1) is 16.8. The van der Waals surface area contributed by atoms with E-state index < -0.39 is 0 Å². The van der Waals surface area contributed by atoms with E-state index in [4.69, 9.17) is 4.74 Å². The van der Waals surface area contributed by atoms with E-state index in [1.165, 1.54) is 5.69 Å². The molecule has 0 radical (unpaired) electrons. The smallest absolute Gasteiger partial charge is 0.102 e. The summed E-state index contributed by atoms with van der Waals surface area (Å²) in [5.41, 5.74) is 4.38. The fourth-order valence-electron chi connectivity index (χ4n) is 3.29. The molecule has 1 unspecified atom stereocenters. The standard InChI is InChI=1S/C19H24N6O/c1-15-16(2)24(14-20-15)10-17-11-25(22-21-17)13-19-12-23(8-9-26-19)18-6-4-3-5-7-18/h3-7,11,14,19H,8-10,12-13H2,1-2H3. The quantitative estimate of drug-likeness (QED) is 0.703. The van der Waals surface area contributed by atoms with E-state index in [1.54, 1.807) is 0 Å². The number of para-hydroxylation sites is 1. The molecule has 1 aromatic carbocycles. The molecule has 136 valence electrons. The highest BCUT2D eigenvalue weighted by atomic mass is 16.5. The molecule has 0 amide bonds. The number of aromatic nitrogens is 5. The van der Waals surface area contributed by atoms with E-state index in [0.29, 0.717) is 13.1 Å². The van der Waals surface area contributed by atoms with Gasteiger partial charge in [-0.05, 0) is 26.0 Å². The maximum atomic E-state index is 5.94. The molecule has 1 aliphatic heterocycles. The SMILES string of the molecule is Cc1ncn(Cc2cn(CC3CN(c4ccccc4)CCO3)nn2)c1C. The molecule has 1 fully saturated rings. The van der Waals surface area contributed by atoms with Crippen molar-refractivity contribution in [2.24, 2.45) is 0 Å². The number of hydrogen-bond acceptors (Lipinski definition) is 5. The van der Waals surface area contributed by atoms with Crippen LogP contribution in [0.5, 0.6) is 0 Å². The normalized spacial score (nSPS) is 17.6. The second kappa shape index (κ2) is 7.29. The first-order chi connectivity index (χ1) is 12.7. The molecule has 1 saturated heterocycles. The molecular formula is C19H24N6O. The van der Waals surface area contributed by atoms with Crippen LogP contribution in [0.15, 0.2) is 42.9 Å². The minimum atomic E-state index is 0.107. The Hall–Kier alpha value is -2.67. The highest BCUT2D eigenvalue weighted by Crippen LogP contribution is 2.17. The summed E-state index contributed by atoms with van der Waals surface area (Å²) in [4.78, 5) is 6.70. The van der Waals surface area contributed by atoms with Crippen LogP contribution in [-0.2, 0) is 17.8 Å².